The molecule has 0 nitrogen and oxygen atoms in total. The summed E-state index contributed by atoms with van der Waals surface area (Å²) in [5.41, 5.74) is 0.615. The van der Waals surface area contributed by atoms with Gasteiger partial charge in [0.15, 0.2) is 0 Å². The second-order valence-corrected chi connectivity index (χ2v) is 6.31. The molecule has 0 aliphatic heterocycles. The molecule has 0 aromatic carbocycles. The van der Waals surface area contributed by atoms with Crippen LogP contribution in [0.3, 0.4) is 0 Å². The topological polar surface area (TPSA) is 0 Å². The molecule has 1 unspecified atom stereocenters. The van der Waals surface area contributed by atoms with Gasteiger partial charge in [-0.05, 0) is 30.1 Å². The predicted octanol–water partition coefficient (Wildman–Crippen LogP) is 5.42. The Labute approximate surface area is 96.8 Å². The molecule has 0 N–H and O–H groups in total. The fourth-order valence-electron chi connectivity index (χ4n) is 3.50. The maximum Gasteiger partial charge on any atom is -0.0323 e. The third-order valence-electron chi connectivity index (χ3n) is 4.54. The molecule has 90 valence electrons. The molecule has 1 rings (SSSR count). The summed E-state index contributed by atoms with van der Waals surface area (Å²) in [6.07, 6.45) is 11.6. The van der Waals surface area contributed by atoms with Gasteiger partial charge in [0.2, 0.25) is 0 Å². The molecule has 15 heavy (non-hydrogen) atoms. The molecule has 0 radical (unpaired) electrons. The summed E-state index contributed by atoms with van der Waals surface area (Å²) in [4.78, 5) is 0. The highest BCUT2D eigenvalue weighted by Gasteiger charge is 2.35. The first kappa shape index (κ1) is 13.1. The van der Waals surface area contributed by atoms with Crippen LogP contribution < -0.4 is 0 Å². The lowest BCUT2D eigenvalue weighted by atomic mass is 9.62. The van der Waals surface area contributed by atoms with E-state index in [0.29, 0.717) is 5.41 Å². The standard InChI is InChI=1S/C15H30/c1-5-6-7-8-11-14-13(2)10-9-12-15(14,3)4/h13-14H,5-12H2,1-4H3/t13-,14?/m0/s1. The van der Waals surface area contributed by atoms with Gasteiger partial charge in [-0.25, -0.2) is 0 Å². The van der Waals surface area contributed by atoms with Gasteiger partial charge in [-0.1, -0.05) is 66.2 Å². The largest absolute Gasteiger partial charge is 0.0654 e. The lowest BCUT2D eigenvalue weighted by molar-refractivity contribution is 0.0741. The Kier molecular flexibility index (Phi) is 5.15. The number of unbranched alkanes of at least 4 members (excludes halogenated alkanes) is 3. The van der Waals surface area contributed by atoms with Crippen LogP contribution in [0.15, 0.2) is 0 Å². The summed E-state index contributed by atoms with van der Waals surface area (Å²) in [6, 6.07) is 0. The van der Waals surface area contributed by atoms with Crippen LogP contribution in [-0.4, -0.2) is 0 Å². The molecule has 1 fully saturated rings. The number of hydrogen-bond donors (Lipinski definition) is 0. The Morgan fingerprint density at radius 1 is 1.13 bits per heavy atom. The predicted molar refractivity (Wildman–Crippen MR) is 69.0 cm³/mol. The maximum atomic E-state index is 2.49. The van der Waals surface area contributed by atoms with Crippen molar-refractivity contribution in [3.8, 4) is 0 Å². The summed E-state index contributed by atoms with van der Waals surface area (Å²) in [5, 5.41) is 0. The Balaban J connectivity index is 2.35. The van der Waals surface area contributed by atoms with Crippen LogP contribution in [0.25, 0.3) is 0 Å². The van der Waals surface area contributed by atoms with E-state index in [0.717, 1.165) is 11.8 Å². The van der Waals surface area contributed by atoms with E-state index >= 15 is 0 Å². The molecule has 0 aromatic rings. The van der Waals surface area contributed by atoms with Crippen LogP contribution in [-0.2, 0) is 0 Å². The normalized spacial score (nSPS) is 30.4. The van der Waals surface area contributed by atoms with Crippen LogP contribution >= 0.6 is 0 Å². The average molecular weight is 210 g/mol. The minimum atomic E-state index is 0.615. The van der Waals surface area contributed by atoms with E-state index < -0.39 is 0 Å². The van der Waals surface area contributed by atoms with E-state index in [1.165, 1.54) is 51.4 Å². The van der Waals surface area contributed by atoms with Gasteiger partial charge >= 0.3 is 0 Å². The highest BCUT2D eigenvalue weighted by molar-refractivity contribution is 4.86. The summed E-state index contributed by atoms with van der Waals surface area (Å²) in [7, 11) is 0. The van der Waals surface area contributed by atoms with Crippen LogP contribution in [0.2, 0.25) is 0 Å². The van der Waals surface area contributed by atoms with E-state index in [-0.39, 0.29) is 0 Å². The zero-order valence-corrected chi connectivity index (χ0v) is 11.3. The van der Waals surface area contributed by atoms with E-state index in [1.54, 1.807) is 0 Å². The highest BCUT2D eigenvalue weighted by Crippen LogP contribution is 2.46. The third kappa shape index (κ3) is 3.81. The summed E-state index contributed by atoms with van der Waals surface area (Å²) in [5.74, 6) is 1.96. The first-order chi connectivity index (χ1) is 7.08. The van der Waals surface area contributed by atoms with Crippen molar-refractivity contribution in [1.29, 1.82) is 0 Å². The van der Waals surface area contributed by atoms with Crippen LogP contribution in [0.5, 0.6) is 0 Å². The molecule has 0 spiro atoms. The average Bonchev–Trinajstić information content (AvgIpc) is 2.15. The molecule has 0 heteroatoms. The van der Waals surface area contributed by atoms with Gasteiger partial charge in [-0.2, -0.15) is 0 Å². The molecular weight excluding hydrogens is 180 g/mol. The minimum Gasteiger partial charge on any atom is -0.0654 e. The molecule has 0 saturated heterocycles. The van der Waals surface area contributed by atoms with Gasteiger partial charge in [0.05, 0.1) is 0 Å². The van der Waals surface area contributed by atoms with E-state index in [9.17, 15) is 0 Å². The lowest BCUT2D eigenvalue weighted by Crippen LogP contribution is -2.33. The van der Waals surface area contributed by atoms with Crippen molar-refractivity contribution in [2.75, 3.05) is 0 Å². The van der Waals surface area contributed by atoms with Gasteiger partial charge < -0.3 is 0 Å². The number of hydrogen-bond acceptors (Lipinski definition) is 0. The van der Waals surface area contributed by atoms with E-state index in [1.807, 2.05) is 0 Å². The van der Waals surface area contributed by atoms with Crippen LogP contribution in [0.4, 0.5) is 0 Å². The molecule has 1 saturated carbocycles. The first-order valence-corrected chi connectivity index (χ1v) is 7.08. The zero-order chi connectivity index (χ0) is 11.3. The lowest BCUT2D eigenvalue weighted by Gasteiger charge is -2.43. The highest BCUT2D eigenvalue weighted by atomic mass is 14.4. The van der Waals surface area contributed by atoms with Gasteiger partial charge in [-0.15, -0.1) is 0 Å². The summed E-state index contributed by atoms with van der Waals surface area (Å²) < 4.78 is 0. The number of rotatable bonds is 5. The van der Waals surface area contributed by atoms with Gasteiger partial charge in [0.1, 0.15) is 0 Å². The van der Waals surface area contributed by atoms with Crippen molar-refractivity contribution in [2.24, 2.45) is 17.3 Å². The van der Waals surface area contributed by atoms with E-state index in [2.05, 4.69) is 27.7 Å². The summed E-state index contributed by atoms with van der Waals surface area (Å²) >= 11 is 0. The zero-order valence-electron chi connectivity index (χ0n) is 11.3. The third-order valence-corrected chi connectivity index (χ3v) is 4.54. The Bertz CT molecular complexity index is 169. The monoisotopic (exact) mass is 210 g/mol. The van der Waals surface area contributed by atoms with Crippen LogP contribution in [0.1, 0.15) is 79.1 Å². The Hall–Kier alpha value is 0. The van der Waals surface area contributed by atoms with Gasteiger partial charge in [0.25, 0.3) is 0 Å². The smallest absolute Gasteiger partial charge is 0.0323 e. The fraction of sp³-hybridized carbons (Fsp3) is 1.00. The van der Waals surface area contributed by atoms with Crippen molar-refractivity contribution in [1.82, 2.24) is 0 Å². The molecule has 1 aliphatic rings. The Morgan fingerprint density at radius 2 is 1.87 bits per heavy atom. The van der Waals surface area contributed by atoms with Crippen molar-refractivity contribution < 1.29 is 0 Å². The minimum absolute atomic E-state index is 0.615. The molecule has 2 atom stereocenters. The van der Waals surface area contributed by atoms with Gasteiger partial charge in [0, 0.05) is 0 Å². The van der Waals surface area contributed by atoms with E-state index in [4.69, 9.17) is 0 Å². The second-order valence-electron chi connectivity index (χ2n) is 6.31. The fourth-order valence-corrected chi connectivity index (χ4v) is 3.50. The quantitative estimate of drug-likeness (QED) is 0.532. The molecule has 0 aromatic heterocycles. The van der Waals surface area contributed by atoms with Crippen molar-refractivity contribution in [3.63, 3.8) is 0 Å². The summed E-state index contributed by atoms with van der Waals surface area (Å²) in [6.45, 7) is 9.76. The van der Waals surface area contributed by atoms with Crippen molar-refractivity contribution in [3.05, 3.63) is 0 Å². The van der Waals surface area contributed by atoms with Crippen LogP contribution in [0, 0.1) is 17.3 Å². The molecule has 0 heterocycles. The maximum absolute atomic E-state index is 2.49. The molecule has 0 amide bonds. The van der Waals surface area contributed by atoms with Crippen molar-refractivity contribution >= 4 is 0 Å². The molecule has 0 bridgehead atoms. The van der Waals surface area contributed by atoms with Gasteiger partial charge in [-0.3, -0.25) is 0 Å². The van der Waals surface area contributed by atoms with Crippen molar-refractivity contribution in [2.45, 2.75) is 79.1 Å². The first-order valence-electron chi connectivity index (χ1n) is 7.08. The SMILES string of the molecule is CCCCCCC1[C@@H](C)CCCC1(C)C. The second kappa shape index (κ2) is 5.92. The molecular formula is C15H30. The Morgan fingerprint density at radius 3 is 2.47 bits per heavy atom. The molecule has 1 aliphatic carbocycles.